The number of benzene rings is 4. The van der Waals surface area contributed by atoms with Crippen LogP contribution in [0.3, 0.4) is 0 Å². The van der Waals surface area contributed by atoms with Crippen LogP contribution in [0.25, 0.3) is 55.6 Å². The van der Waals surface area contributed by atoms with Gasteiger partial charge in [0.2, 0.25) is 0 Å². The zero-order chi connectivity index (χ0) is 29.0. The predicted octanol–water partition coefficient (Wildman–Crippen LogP) is 11.6. The summed E-state index contributed by atoms with van der Waals surface area (Å²) in [5.41, 5.74) is 11.5. The number of pyridine rings is 2. The van der Waals surface area contributed by atoms with Crippen LogP contribution in [0.1, 0.15) is 27.7 Å². The molecular formula is C38H35BrN2. The second kappa shape index (κ2) is 14.9. The van der Waals surface area contributed by atoms with Crippen LogP contribution >= 0.6 is 15.9 Å². The average Bonchev–Trinajstić information content (AvgIpc) is 3.07. The first-order chi connectivity index (χ1) is 20.2. The molecule has 0 aliphatic heterocycles. The zero-order valence-electron chi connectivity index (χ0n) is 24.1. The lowest BCUT2D eigenvalue weighted by Crippen LogP contribution is -1.88. The molecule has 0 saturated heterocycles. The van der Waals surface area contributed by atoms with Crippen LogP contribution in [0.2, 0.25) is 0 Å². The fraction of sp³-hybridized carbons (Fsp3) is 0.105. The first-order valence-corrected chi connectivity index (χ1v) is 14.9. The molecule has 4 aromatic carbocycles. The fourth-order valence-electron chi connectivity index (χ4n) is 4.62. The molecule has 0 aliphatic carbocycles. The Bertz CT molecular complexity index is 1580. The number of rotatable bonds is 5. The predicted molar refractivity (Wildman–Crippen MR) is 180 cm³/mol. The van der Waals surface area contributed by atoms with Crippen LogP contribution in [0, 0.1) is 0 Å². The van der Waals surface area contributed by atoms with Crippen LogP contribution in [0.15, 0.2) is 145 Å². The summed E-state index contributed by atoms with van der Waals surface area (Å²) in [6.07, 6.45) is 7.43. The molecule has 0 amide bonds. The quantitative estimate of drug-likeness (QED) is 0.197. The lowest BCUT2D eigenvalue weighted by Gasteiger charge is -2.13. The second-order valence-electron chi connectivity index (χ2n) is 8.95. The molecule has 0 bridgehead atoms. The Morgan fingerprint density at radius 2 is 0.683 bits per heavy atom. The average molecular weight is 600 g/mol. The van der Waals surface area contributed by atoms with E-state index in [0.717, 1.165) is 26.7 Å². The van der Waals surface area contributed by atoms with E-state index in [-0.39, 0.29) is 0 Å². The lowest BCUT2D eigenvalue weighted by atomic mass is 9.91. The topological polar surface area (TPSA) is 25.8 Å². The summed E-state index contributed by atoms with van der Waals surface area (Å²) in [7, 11) is 0. The summed E-state index contributed by atoms with van der Waals surface area (Å²) in [6.45, 7) is 8.00. The number of hydrogen-bond acceptors (Lipinski definition) is 2. The highest BCUT2D eigenvalue weighted by atomic mass is 79.9. The van der Waals surface area contributed by atoms with E-state index in [9.17, 15) is 0 Å². The molecule has 6 aromatic rings. The molecule has 0 spiro atoms. The summed E-state index contributed by atoms with van der Waals surface area (Å²) in [6, 6.07) is 40.8. The standard InChI is InChI=1S/C34H23BrN2.2C2H6/c35-34-13-3-10-28(21-34)33-19-31(26-8-1-6-24(16-26)29-11-4-14-36-22-29)18-32(20-33)27-9-2-7-25(17-27)30-12-5-15-37-23-30;2*1-2/h1-23H;2*1-2H3. The van der Waals surface area contributed by atoms with E-state index in [0.29, 0.717) is 0 Å². The van der Waals surface area contributed by atoms with Gasteiger partial charge in [0.05, 0.1) is 0 Å². The van der Waals surface area contributed by atoms with Gasteiger partial charge in [-0.2, -0.15) is 0 Å². The van der Waals surface area contributed by atoms with Crippen molar-refractivity contribution in [3.05, 3.63) is 145 Å². The third-order valence-electron chi connectivity index (χ3n) is 6.47. The summed E-state index contributed by atoms with van der Waals surface area (Å²) >= 11 is 3.65. The second-order valence-corrected chi connectivity index (χ2v) is 9.87. The molecule has 3 heteroatoms. The zero-order valence-corrected chi connectivity index (χ0v) is 25.6. The van der Waals surface area contributed by atoms with Crippen molar-refractivity contribution in [1.29, 1.82) is 0 Å². The minimum Gasteiger partial charge on any atom is -0.264 e. The fourth-order valence-corrected chi connectivity index (χ4v) is 5.02. The minimum atomic E-state index is 1.06. The number of halogens is 1. The van der Waals surface area contributed by atoms with Gasteiger partial charge in [-0.15, -0.1) is 0 Å². The number of aromatic nitrogens is 2. The summed E-state index contributed by atoms with van der Waals surface area (Å²) in [5.74, 6) is 0. The van der Waals surface area contributed by atoms with Gasteiger partial charge in [0.15, 0.2) is 0 Å². The van der Waals surface area contributed by atoms with Gasteiger partial charge in [-0.3, -0.25) is 9.97 Å². The molecule has 204 valence electrons. The van der Waals surface area contributed by atoms with Crippen LogP contribution < -0.4 is 0 Å². The summed E-state index contributed by atoms with van der Waals surface area (Å²) in [4.78, 5) is 8.61. The maximum Gasteiger partial charge on any atom is 0.0346 e. The van der Waals surface area contributed by atoms with Crippen molar-refractivity contribution in [1.82, 2.24) is 9.97 Å². The van der Waals surface area contributed by atoms with Gasteiger partial charge in [0.25, 0.3) is 0 Å². The van der Waals surface area contributed by atoms with E-state index in [4.69, 9.17) is 0 Å². The van der Waals surface area contributed by atoms with Crippen molar-refractivity contribution in [2.24, 2.45) is 0 Å². The molecule has 0 radical (unpaired) electrons. The van der Waals surface area contributed by atoms with Gasteiger partial charge in [0.1, 0.15) is 0 Å². The molecule has 2 heterocycles. The molecule has 41 heavy (non-hydrogen) atoms. The Labute approximate surface area is 252 Å². The van der Waals surface area contributed by atoms with Gasteiger partial charge >= 0.3 is 0 Å². The highest BCUT2D eigenvalue weighted by Gasteiger charge is 2.10. The Balaban J connectivity index is 0.000000929. The van der Waals surface area contributed by atoms with Gasteiger partial charge in [-0.25, -0.2) is 0 Å². The van der Waals surface area contributed by atoms with Crippen molar-refractivity contribution in [2.75, 3.05) is 0 Å². The summed E-state index contributed by atoms with van der Waals surface area (Å²) in [5, 5.41) is 0. The third kappa shape index (κ3) is 7.45. The molecule has 0 aliphatic rings. The molecule has 0 saturated carbocycles. The molecule has 0 fully saturated rings. The van der Waals surface area contributed by atoms with Crippen LogP contribution in [0.4, 0.5) is 0 Å². The number of hydrogen-bond donors (Lipinski definition) is 0. The third-order valence-corrected chi connectivity index (χ3v) is 6.97. The van der Waals surface area contributed by atoms with Crippen molar-refractivity contribution < 1.29 is 0 Å². The van der Waals surface area contributed by atoms with E-state index >= 15 is 0 Å². The maximum absolute atomic E-state index is 4.30. The largest absolute Gasteiger partial charge is 0.264 e. The van der Waals surface area contributed by atoms with E-state index < -0.39 is 0 Å². The first-order valence-electron chi connectivity index (χ1n) is 14.2. The Morgan fingerprint density at radius 1 is 0.366 bits per heavy atom. The SMILES string of the molecule is Brc1cccc(-c2cc(-c3cccc(-c4cccnc4)c3)cc(-c3cccc(-c4cccnc4)c3)c2)c1.CC.CC. The van der Waals surface area contributed by atoms with Gasteiger partial charge in [0, 0.05) is 40.4 Å². The molecule has 2 aromatic heterocycles. The van der Waals surface area contributed by atoms with E-state index in [1.165, 1.54) is 33.4 Å². The molecule has 6 rings (SSSR count). The monoisotopic (exact) mass is 598 g/mol. The van der Waals surface area contributed by atoms with E-state index in [1.807, 2.05) is 52.2 Å². The molecule has 0 unspecified atom stereocenters. The normalized spacial score (nSPS) is 10.1. The van der Waals surface area contributed by atoms with Gasteiger partial charge < -0.3 is 0 Å². The van der Waals surface area contributed by atoms with Crippen LogP contribution in [-0.2, 0) is 0 Å². The molecule has 0 atom stereocenters. The van der Waals surface area contributed by atoms with Crippen molar-refractivity contribution in [3.8, 4) is 55.6 Å². The Hall–Kier alpha value is -4.34. The Kier molecular flexibility index (Phi) is 10.8. The highest BCUT2D eigenvalue weighted by molar-refractivity contribution is 9.10. The van der Waals surface area contributed by atoms with Crippen LogP contribution in [0.5, 0.6) is 0 Å². The molecular weight excluding hydrogens is 564 g/mol. The lowest BCUT2D eigenvalue weighted by molar-refractivity contribution is 1.33. The van der Waals surface area contributed by atoms with Crippen LogP contribution in [-0.4, -0.2) is 9.97 Å². The highest BCUT2D eigenvalue weighted by Crippen LogP contribution is 2.36. The minimum absolute atomic E-state index is 1.06. The van der Waals surface area contributed by atoms with Gasteiger partial charge in [-0.05, 0) is 99.1 Å². The van der Waals surface area contributed by atoms with Crippen molar-refractivity contribution >= 4 is 15.9 Å². The van der Waals surface area contributed by atoms with E-state index in [2.05, 4.69) is 129 Å². The smallest absolute Gasteiger partial charge is 0.0346 e. The first kappa shape index (κ1) is 29.6. The Morgan fingerprint density at radius 3 is 1.05 bits per heavy atom. The maximum atomic E-state index is 4.30. The molecule has 2 nitrogen and oxygen atoms in total. The van der Waals surface area contributed by atoms with E-state index in [1.54, 1.807) is 12.4 Å². The molecule has 0 N–H and O–H groups in total. The van der Waals surface area contributed by atoms with Gasteiger partial charge in [-0.1, -0.05) is 104 Å². The number of nitrogens with zero attached hydrogens (tertiary/aromatic N) is 2. The van der Waals surface area contributed by atoms with Crippen molar-refractivity contribution in [3.63, 3.8) is 0 Å². The summed E-state index contributed by atoms with van der Waals surface area (Å²) < 4.78 is 1.06. The van der Waals surface area contributed by atoms with Crippen molar-refractivity contribution in [2.45, 2.75) is 27.7 Å².